The smallest absolute Gasteiger partial charge is 0.377 e. The van der Waals surface area contributed by atoms with Crippen LogP contribution in [0.1, 0.15) is 12.2 Å². The number of hydrogen-bond acceptors (Lipinski definition) is 5. The van der Waals surface area contributed by atoms with Gasteiger partial charge in [0.25, 0.3) is 0 Å². The average Bonchev–Trinajstić information content (AvgIpc) is 2.27. The number of nitrogens with zero attached hydrogens (tertiary/aromatic N) is 2. The molecule has 1 aromatic heterocycles. The van der Waals surface area contributed by atoms with Crippen molar-refractivity contribution in [3.8, 4) is 0 Å². The number of methoxy groups -OCH3 is 1. The second kappa shape index (κ2) is 6.39. The lowest BCUT2D eigenvalue weighted by molar-refractivity contribution is -0.131. The van der Waals surface area contributed by atoms with Gasteiger partial charge in [-0.1, -0.05) is 0 Å². The third-order valence-electron chi connectivity index (χ3n) is 2.02. The molecule has 2 N–H and O–H groups in total. The second-order valence-corrected chi connectivity index (χ2v) is 3.53. The minimum atomic E-state index is -4.18. The van der Waals surface area contributed by atoms with Gasteiger partial charge in [0.05, 0.1) is 6.42 Å². The lowest BCUT2D eigenvalue weighted by Gasteiger charge is -2.10. The SMILES string of the molecule is CNc1cc(NCCC(F)(F)F)nc(COC)n1. The van der Waals surface area contributed by atoms with Crippen molar-refractivity contribution in [2.75, 3.05) is 31.3 Å². The number of rotatable bonds is 6. The maximum Gasteiger partial charge on any atom is 0.390 e. The van der Waals surface area contributed by atoms with Crippen LogP contribution >= 0.6 is 0 Å². The number of aromatic nitrogens is 2. The summed E-state index contributed by atoms with van der Waals surface area (Å²) in [7, 11) is 3.16. The van der Waals surface area contributed by atoms with Crippen LogP contribution in [0.4, 0.5) is 24.8 Å². The van der Waals surface area contributed by atoms with Crippen LogP contribution in [-0.2, 0) is 11.3 Å². The zero-order valence-corrected chi connectivity index (χ0v) is 10.1. The number of alkyl halides is 3. The third-order valence-corrected chi connectivity index (χ3v) is 2.02. The molecule has 0 saturated carbocycles. The molecular weight excluding hydrogens is 249 g/mol. The van der Waals surface area contributed by atoms with E-state index >= 15 is 0 Å². The van der Waals surface area contributed by atoms with Crippen LogP contribution in [0, 0.1) is 0 Å². The summed E-state index contributed by atoms with van der Waals surface area (Å²) < 4.78 is 40.9. The Labute approximate surface area is 103 Å². The van der Waals surface area contributed by atoms with E-state index in [1.54, 1.807) is 7.05 Å². The normalized spacial score (nSPS) is 11.4. The molecule has 18 heavy (non-hydrogen) atoms. The zero-order chi connectivity index (χ0) is 13.6. The molecule has 1 heterocycles. The predicted molar refractivity (Wildman–Crippen MR) is 61.5 cm³/mol. The Balaban J connectivity index is 2.66. The Bertz CT molecular complexity index is 384. The fraction of sp³-hybridized carbons (Fsp3) is 0.600. The highest BCUT2D eigenvalue weighted by Gasteiger charge is 2.26. The van der Waals surface area contributed by atoms with Crippen LogP contribution < -0.4 is 10.6 Å². The highest BCUT2D eigenvalue weighted by molar-refractivity contribution is 5.47. The molecule has 0 atom stereocenters. The van der Waals surface area contributed by atoms with E-state index < -0.39 is 12.6 Å². The van der Waals surface area contributed by atoms with Gasteiger partial charge >= 0.3 is 6.18 Å². The van der Waals surface area contributed by atoms with Gasteiger partial charge in [-0.2, -0.15) is 13.2 Å². The van der Waals surface area contributed by atoms with Crippen molar-refractivity contribution in [3.05, 3.63) is 11.9 Å². The Kier molecular flexibility index (Phi) is 5.14. The van der Waals surface area contributed by atoms with Gasteiger partial charge in [-0.05, 0) is 0 Å². The van der Waals surface area contributed by atoms with Crippen molar-refractivity contribution in [2.45, 2.75) is 19.2 Å². The Morgan fingerprint density at radius 2 is 1.94 bits per heavy atom. The molecule has 5 nitrogen and oxygen atoms in total. The molecule has 0 bridgehead atoms. The van der Waals surface area contributed by atoms with Gasteiger partial charge in [0, 0.05) is 26.8 Å². The molecule has 1 rings (SSSR count). The summed E-state index contributed by atoms with van der Waals surface area (Å²) in [6.45, 7) is -0.0282. The van der Waals surface area contributed by atoms with E-state index in [-0.39, 0.29) is 13.2 Å². The summed E-state index contributed by atoms with van der Waals surface area (Å²) in [6, 6.07) is 1.54. The molecule has 0 amide bonds. The number of hydrogen-bond donors (Lipinski definition) is 2. The summed E-state index contributed by atoms with van der Waals surface area (Å²) in [5, 5.41) is 5.41. The Morgan fingerprint density at radius 1 is 1.28 bits per heavy atom. The third kappa shape index (κ3) is 5.17. The van der Waals surface area contributed by atoms with Crippen LogP contribution in [0.25, 0.3) is 0 Å². The first-order valence-electron chi connectivity index (χ1n) is 5.30. The molecule has 0 saturated heterocycles. The Hall–Kier alpha value is -1.57. The van der Waals surface area contributed by atoms with Crippen LogP contribution in [0.15, 0.2) is 6.07 Å². The first-order valence-corrected chi connectivity index (χ1v) is 5.30. The molecule has 0 aromatic carbocycles. The average molecular weight is 264 g/mol. The highest BCUT2D eigenvalue weighted by Crippen LogP contribution is 2.19. The van der Waals surface area contributed by atoms with Crippen molar-refractivity contribution in [1.29, 1.82) is 0 Å². The van der Waals surface area contributed by atoms with Crippen molar-refractivity contribution in [1.82, 2.24) is 9.97 Å². The standard InChI is InChI=1S/C10H15F3N4O/c1-14-7-5-8(15-4-3-10(11,12)13)17-9(16-7)6-18-2/h5H,3-4,6H2,1-2H3,(H2,14,15,16,17). The van der Waals surface area contributed by atoms with Gasteiger partial charge in [-0.15, -0.1) is 0 Å². The fourth-order valence-electron chi connectivity index (χ4n) is 1.24. The molecule has 0 aliphatic rings. The van der Waals surface area contributed by atoms with Crippen LogP contribution in [0.3, 0.4) is 0 Å². The molecule has 0 aliphatic carbocycles. The number of nitrogens with one attached hydrogen (secondary N) is 2. The van der Waals surface area contributed by atoms with E-state index in [1.165, 1.54) is 13.2 Å². The summed E-state index contributed by atoms with van der Waals surface area (Å²) in [6.07, 6.45) is -5.09. The Morgan fingerprint density at radius 3 is 2.50 bits per heavy atom. The van der Waals surface area contributed by atoms with Crippen LogP contribution in [0.2, 0.25) is 0 Å². The van der Waals surface area contributed by atoms with E-state index in [0.29, 0.717) is 17.5 Å². The second-order valence-electron chi connectivity index (χ2n) is 3.53. The van der Waals surface area contributed by atoms with Crippen molar-refractivity contribution in [2.24, 2.45) is 0 Å². The van der Waals surface area contributed by atoms with Crippen LogP contribution in [-0.4, -0.2) is 36.8 Å². The van der Waals surface area contributed by atoms with Gasteiger partial charge in [0.2, 0.25) is 0 Å². The lowest BCUT2D eigenvalue weighted by Crippen LogP contribution is -2.16. The monoisotopic (exact) mass is 264 g/mol. The first kappa shape index (κ1) is 14.5. The molecule has 0 fully saturated rings. The van der Waals surface area contributed by atoms with Gasteiger partial charge in [-0.3, -0.25) is 0 Å². The number of ether oxygens (including phenoxy) is 1. The molecule has 0 unspecified atom stereocenters. The molecule has 0 aliphatic heterocycles. The molecular formula is C10H15F3N4O. The zero-order valence-electron chi connectivity index (χ0n) is 10.1. The maximum absolute atomic E-state index is 12.0. The quantitative estimate of drug-likeness (QED) is 0.823. The van der Waals surface area contributed by atoms with E-state index in [4.69, 9.17) is 4.74 Å². The van der Waals surface area contributed by atoms with Gasteiger partial charge in [0.1, 0.15) is 18.2 Å². The number of anilines is 2. The van der Waals surface area contributed by atoms with Gasteiger partial charge < -0.3 is 15.4 Å². The molecule has 1 aromatic rings. The van der Waals surface area contributed by atoms with Crippen molar-refractivity contribution < 1.29 is 17.9 Å². The molecule has 0 spiro atoms. The predicted octanol–water partition coefficient (Wildman–Crippen LogP) is 2.03. The van der Waals surface area contributed by atoms with E-state index in [9.17, 15) is 13.2 Å². The molecule has 8 heteroatoms. The highest BCUT2D eigenvalue weighted by atomic mass is 19.4. The lowest BCUT2D eigenvalue weighted by atomic mass is 10.4. The van der Waals surface area contributed by atoms with E-state index in [0.717, 1.165) is 0 Å². The summed E-state index contributed by atoms with van der Waals surface area (Å²) in [5.41, 5.74) is 0. The molecule has 0 radical (unpaired) electrons. The number of halogens is 3. The molecule has 102 valence electrons. The first-order chi connectivity index (χ1) is 8.44. The largest absolute Gasteiger partial charge is 0.390 e. The van der Waals surface area contributed by atoms with Crippen molar-refractivity contribution in [3.63, 3.8) is 0 Å². The summed E-state index contributed by atoms with van der Waals surface area (Å²) in [5.74, 6) is 1.26. The van der Waals surface area contributed by atoms with Crippen LogP contribution in [0.5, 0.6) is 0 Å². The van der Waals surface area contributed by atoms with Crippen molar-refractivity contribution >= 4 is 11.6 Å². The summed E-state index contributed by atoms with van der Waals surface area (Å²) >= 11 is 0. The maximum atomic E-state index is 12.0. The van der Waals surface area contributed by atoms with Gasteiger partial charge in [0.15, 0.2) is 5.82 Å². The van der Waals surface area contributed by atoms with E-state index in [1.807, 2.05) is 0 Å². The minimum Gasteiger partial charge on any atom is -0.377 e. The van der Waals surface area contributed by atoms with Gasteiger partial charge in [-0.25, -0.2) is 9.97 Å². The fourth-order valence-corrected chi connectivity index (χ4v) is 1.24. The van der Waals surface area contributed by atoms with E-state index in [2.05, 4.69) is 20.6 Å². The minimum absolute atomic E-state index is 0.198. The topological polar surface area (TPSA) is 59.1 Å². The summed E-state index contributed by atoms with van der Waals surface area (Å²) in [4.78, 5) is 8.13.